The van der Waals surface area contributed by atoms with Crippen molar-refractivity contribution in [2.45, 2.75) is 40.0 Å². The Morgan fingerprint density at radius 3 is 2.57 bits per heavy atom. The number of aromatic amines is 1. The lowest BCUT2D eigenvalue weighted by atomic mass is 9.82. The second-order valence-electron chi connectivity index (χ2n) is 6.85. The summed E-state index contributed by atoms with van der Waals surface area (Å²) in [5, 5.41) is 18.4. The number of anilines is 1. The molecule has 2 heterocycles. The highest BCUT2D eigenvalue weighted by Crippen LogP contribution is 2.27. The van der Waals surface area contributed by atoms with Crippen LogP contribution in [0.25, 0.3) is 5.95 Å². The molecule has 0 saturated carbocycles. The number of carboxylic acids is 1. The second-order valence-corrected chi connectivity index (χ2v) is 6.85. The van der Waals surface area contributed by atoms with Crippen molar-refractivity contribution in [3.05, 3.63) is 45.5 Å². The van der Waals surface area contributed by atoms with Crippen molar-refractivity contribution in [2.75, 3.05) is 5.32 Å². The van der Waals surface area contributed by atoms with Crippen LogP contribution in [0.15, 0.2) is 23.0 Å². The van der Waals surface area contributed by atoms with Crippen molar-refractivity contribution in [1.82, 2.24) is 19.7 Å². The minimum Gasteiger partial charge on any atom is -0.550 e. The summed E-state index contributed by atoms with van der Waals surface area (Å²) in [5.41, 5.74) is 1.52. The van der Waals surface area contributed by atoms with Crippen LogP contribution in [0.4, 0.5) is 5.82 Å². The highest BCUT2D eigenvalue weighted by atomic mass is 16.4. The molecular weight excluding hydrogens is 362 g/mol. The summed E-state index contributed by atoms with van der Waals surface area (Å²) in [6, 6.07) is 1.63. The van der Waals surface area contributed by atoms with E-state index in [9.17, 15) is 19.5 Å². The molecule has 0 saturated heterocycles. The number of nitrogens with zero attached hydrogens (tertiary/aromatic N) is 3. The maximum atomic E-state index is 12.7. The summed E-state index contributed by atoms with van der Waals surface area (Å²) in [7, 11) is 0. The topological polar surface area (TPSA) is 133 Å². The summed E-state index contributed by atoms with van der Waals surface area (Å²) in [6.07, 6.45) is 4.65. The van der Waals surface area contributed by atoms with Crippen LogP contribution in [0.3, 0.4) is 0 Å². The Balaban J connectivity index is 1.93. The zero-order valence-corrected chi connectivity index (χ0v) is 16.0. The van der Waals surface area contributed by atoms with Crippen LogP contribution in [-0.2, 0) is 16.0 Å². The van der Waals surface area contributed by atoms with Gasteiger partial charge < -0.3 is 15.2 Å². The van der Waals surface area contributed by atoms with E-state index >= 15 is 0 Å². The Morgan fingerprint density at radius 1 is 1.29 bits per heavy atom. The summed E-state index contributed by atoms with van der Waals surface area (Å²) in [4.78, 5) is 43.4. The van der Waals surface area contributed by atoms with E-state index in [1.807, 2.05) is 6.92 Å². The standard InChI is InChI=1S/C19H23N5O4/c1-4-12-11(3)20-19(22-16(12)25)24-15(9-10(2)23-24)21-17(26)13-7-5-6-8-14(13)18(27)28/h5-6,9,13-14H,4,7-8H2,1-3H3,(H,21,26)(H,27,28)(H,20,22,25)/p-1/t13-,14-/m1/s1. The number of nitrogens with one attached hydrogen (secondary N) is 2. The van der Waals surface area contributed by atoms with Crippen molar-refractivity contribution in [1.29, 1.82) is 0 Å². The van der Waals surface area contributed by atoms with Gasteiger partial charge in [0.15, 0.2) is 0 Å². The molecule has 2 aromatic heterocycles. The Labute approximate surface area is 161 Å². The lowest BCUT2D eigenvalue weighted by Gasteiger charge is -2.28. The van der Waals surface area contributed by atoms with Crippen LogP contribution < -0.4 is 16.0 Å². The molecule has 1 aliphatic carbocycles. The van der Waals surface area contributed by atoms with E-state index in [1.165, 1.54) is 4.68 Å². The number of allylic oxidation sites excluding steroid dienone is 2. The predicted molar refractivity (Wildman–Crippen MR) is 99.8 cm³/mol. The minimum atomic E-state index is -1.24. The summed E-state index contributed by atoms with van der Waals surface area (Å²) >= 11 is 0. The molecule has 3 rings (SSSR count). The molecule has 0 fully saturated rings. The highest BCUT2D eigenvalue weighted by Gasteiger charge is 2.30. The molecular formula is C19H22N5O4-. The number of aryl methyl sites for hydroxylation is 2. The van der Waals surface area contributed by atoms with Gasteiger partial charge in [-0.15, -0.1) is 0 Å². The average Bonchev–Trinajstić information content (AvgIpc) is 3.01. The normalized spacial score (nSPS) is 18.8. The van der Waals surface area contributed by atoms with E-state index in [2.05, 4.69) is 20.4 Å². The molecule has 1 aliphatic rings. The van der Waals surface area contributed by atoms with E-state index in [-0.39, 0.29) is 17.9 Å². The van der Waals surface area contributed by atoms with E-state index in [0.717, 1.165) is 0 Å². The van der Waals surface area contributed by atoms with Gasteiger partial charge in [-0.2, -0.15) is 9.78 Å². The van der Waals surface area contributed by atoms with Crippen LogP contribution in [0.5, 0.6) is 0 Å². The van der Waals surface area contributed by atoms with Crippen molar-refractivity contribution < 1.29 is 14.7 Å². The van der Waals surface area contributed by atoms with Gasteiger partial charge in [0, 0.05) is 29.2 Å². The maximum Gasteiger partial charge on any atom is 0.255 e. The molecule has 1 amide bonds. The zero-order valence-electron chi connectivity index (χ0n) is 16.0. The third-order valence-corrected chi connectivity index (χ3v) is 4.92. The quantitative estimate of drug-likeness (QED) is 0.717. The molecule has 148 valence electrons. The highest BCUT2D eigenvalue weighted by molar-refractivity contribution is 5.94. The molecule has 0 radical (unpaired) electrons. The van der Waals surface area contributed by atoms with E-state index in [1.54, 1.807) is 32.1 Å². The average molecular weight is 384 g/mol. The SMILES string of the molecule is CCc1c(C)nc(-n2nc(C)cc2NC(=O)[C@@H]2CC=CC[C@H]2C(=O)[O-])[nH]c1=O. The van der Waals surface area contributed by atoms with Gasteiger partial charge in [-0.3, -0.25) is 14.6 Å². The first-order chi connectivity index (χ1) is 13.3. The second kappa shape index (κ2) is 7.79. The molecule has 0 spiro atoms. The van der Waals surface area contributed by atoms with Gasteiger partial charge in [-0.25, -0.2) is 4.98 Å². The Morgan fingerprint density at radius 2 is 1.96 bits per heavy atom. The van der Waals surface area contributed by atoms with E-state index in [0.29, 0.717) is 35.6 Å². The van der Waals surface area contributed by atoms with Gasteiger partial charge in [-0.1, -0.05) is 19.1 Å². The monoisotopic (exact) mass is 384 g/mol. The van der Waals surface area contributed by atoms with E-state index < -0.39 is 23.7 Å². The molecule has 9 nitrogen and oxygen atoms in total. The first-order valence-corrected chi connectivity index (χ1v) is 9.15. The van der Waals surface area contributed by atoms with E-state index in [4.69, 9.17) is 0 Å². The van der Waals surface area contributed by atoms with Gasteiger partial charge in [0.25, 0.3) is 5.56 Å². The number of amides is 1. The predicted octanol–water partition coefficient (Wildman–Crippen LogP) is 0.406. The molecule has 2 N–H and O–H groups in total. The lowest BCUT2D eigenvalue weighted by Crippen LogP contribution is -2.41. The molecule has 28 heavy (non-hydrogen) atoms. The third kappa shape index (κ3) is 3.73. The first-order valence-electron chi connectivity index (χ1n) is 9.15. The van der Waals surface area contributed by atoms with Crippen LogP contribution in [0.2, 0.25) is 0 Å². The van der Waals surface area contributed by atoms with Gasteiger partial charge in [0.2, 0.25) is 11.9 Å². The number of aliphatic carboxylic acids is 1. The number of aromatic nitrogens is 4. The molecule has 2 aromatic rings. The molecule has 0 aliphatic heterocycles. The molecule has 2 atom stereocenters. The molecule has 0 aromatic carbocycles. The number of hydrogen-bond donors (Lipinski definition) is 2. The third-order valence-electron chi connectivity index (χ3n) is 4.92. The number of carbonyl (C=O) groups is 2. The Bertz CT molecular complexity index is 1000. The van der Waals surface area contributed by atoms with Gasteiger partial charge >= 0.3 is 0 Å². The van der Waals surface area contributed by atoms with Gasteiger partial charge in [-0.05, 0) is 33.1 Å². The smallest absolute Gasteiger partial charge is 0.255 e. The number of hydrogen-bond acceptors (Lipinski definition) is 6. The van der Waals surface area contributed by atoms with Gasteiger partial charge in [0.1, 0.15) is 5.82 Å². The maximum absolute atomic E-state index is 12.7. The summed E-state index contributed by atoms with van der Waals surface area (Å²) in [6.45, 7) is 5.35. The fraction of sp³-hybridized carbons (Fsp3) is 0.421. The van der Waals surface area contributed by atoms with Crippen LogP contribution in [-0.4, -0.2) is 31.6 Å². The Hall–Kier alpha value is -3.23. The van der Waals surface area contributed by atoms with Crippen LogP contribution in [0, 0.1) is 25.7 Å². The van der Waals surface area contributed by atoms with Crippen molar-refractivity contribution in [3.63, 3.8) is 0 Å². The fourth-order valence-electron chi connectivity index (χ4n) is 3.45. The zero-order chi connectivity index (χ0) is 20.4. The molecule has 0 unspecified atom stereocenters. The van der Waals surface area contributed by atoms with Crippen molar-refractivity contribution in [3.8, 4) is 5.95 Å². The summed E-state index contributed by atoms with van der Waals surface area (Å²) in [5.74, 6) is -2.82. The number of carboxylic acid groups (broad SMARTS) is 1. The van der Waals surface area contributed by atoms with Crippen LogP contribution >= 0.6 is 0 Å². The van der Waals surface area contributed by atoms with Crippen LogP contribution in [0.1, 0.15) is 36.7 Å². The molecule has 0 bridgehead atoms. The van der Waals surface area contributed by atoms with Crippen molar-refractivity contribution in [2.24, 2.45) is 11.8 Å². The molecule has 9 heteroatoms. The Kier molecular flexibility index (Phi) is 5.43. The largest absolute Gasteiger partial charge is 0.550 e. The number of H-pyrrole nitrogens is 1. The summed E-state index contributed by atoms with van der Waals surface area (Å²) < 4.78 is 1.34. The lowest BCUT2D eigenvalue weighted by molar-refractivity contribution is -0.313. The minimum absolute atomic E-state index is 0.183. The van der Waals surface area contributed by atoms with Gasteiger partial charge in [0.05, 0.1) is 11.6 Å². The number of carbonyl (C=O) groups excluding carboxylic acids is 2. The number of rotatable bonds is 5. The fourth-order valence-corrected chi connectivity index (χ4v) is 3.45. The first kappa shape index (κ1) is 19.5. The van der Waals surface area contributed by atoms with Crippen molar-refractivity contribution >= 4 is 17.7 Å².